The third kappa shape index (κ3) is 3.59. The van der Waals surface area contributed by atoms with Crippen molar-refractivity contribution in [3.8, 4) is 5.75 Å². The number of carbonyl (C=O) groups is 1. The summed E-state index contributed by atoms with van der Waals surface area (Å²) < 4.78 is 5.70. The summed E-state index contributed by atoms with van der Waals surface area (Å²) in [6.07, 6.45) is 5.37. The molecule has 0 saturated heterocycles. The number of ketones is 1. The first-order valence-electron chi connectivity index (χ1n) is 7.48. The van der Waals surface area contributed by atoms with Crippen molar-refractivity contribution in [1.29, 1.82) is 0 Å². The number of carbonyl (C=O) groups excluding carboxylic acids is 1. The molecule has 104 valence electrons. The Morgan fingerprint density at radius 3 is 2.58 bits per heavy atom. The van der Waals surface area contributed by atoms with E-state index in [1.54, 1.807) is 0 Å². The Kier molecular flexibility index (Phi) is 5.00. The van der Waals surface area contributed by atoms with E-state index in [1.165, 1.54) is 12.8 Å². The number of hydrogen-bond donors (Lipinski definition) is 0. The lowest BCUT2D eigenvalue weighted by molar-refractivity contribution is 0.0871. The zero-order valence-electron chi connectivity index (χ0n) is 12.0. The van der Waals surface area contributed by atoms with Gasteiger partial charge in [-0.3, -0.25) is 4.79 Å². The highest BCUT2D eigenvalue weighted by Gasteiger charge is 2.26. The average Bonchev–Trinajstić information content (AvgIpc) is 2.45. The summed E-state index contributed by atoms with van der Waals surface area (Å²) in [6, 6.07) is 7.68. The summed E-state index contributed by atoms with van der Waals surface area (Å²) >= 11 is 0. The van der Waals surface area contributed by atoms with Crippen LogP contribution >= 0.6 is 0 Å². The van der Waals surface area contributed by atoms with Crippen LogP contribution in [-0.4, -0.2) is 12.4 Å². The van der Waals surface area contributed by atoms with Gasteiger partial charge in [-0.05, 0) is 37.3 Å². The molecule has 0 unspecified atom stereocenters. The van der Waals surface area contributed by atoms with Crippen LogP contribution in [0, 0.1) is 11.8 Å². The van der Waals surface area contributed by atoms with Crippen LogP contribution in [0.15, 0.2) is 24.3 Å². The quantitative estimate of drug-likeness (QED) is 0.729. The van der Waals surface area contributed by atoms with Gasteiger partial charge in [-0.1, -0.05) is 38.8 Å². The molecule has 0 atom stereocenters. The van der Waals surface area contributed by atoms with Gasteiger partial charge < -0.3 is 4.74 Å². The van der Waals surface area contributed by atoms with Crippen LogP contribution in [0.1, 0.15) is 56.3 Å². The fraction of sp³-hybridized carbons (Fsp3) is 0.588. The summed E-state index contributed by atoms with van der Waals surface area (Å²) in [4.78, 5) is 12.6. The molecule has 0 aromatic heterocycles. The molecule has 0 N–H and O–H groups in total. The fourth-order valence-electron chi connectivity index (χ4n) is 2.75. The van der Waals surface area contributed by atoms with Gasteiger partial charge in [-0.15, -0.1) is 0 Å². The first-order chi connectivity index (χ1) is 9.22. The number of Topliss-reactive ketones (excluding diaryl/α,β-unsaturated/α-hetero) is 1. The van der Waals surface area contributed by atoms with Crippen LogP contribution in [0.3, 0.4) is 0 Å². The van der Waals surface area contributed by atoms with Gasteiger partial charge >= 0.3 is 0 Å². The molecule has 19 heavy (non-hydrogen) atoms. The van der Waals surface area contributed by atoms with E-state index >= 15 is 0 Å². The topological polar surface area (TPSA) is 26.3 Å². The van der Waals surface area contributed by atoms with E-state index in [2.05, 4.69) is 13.8 Å². The molecule has 1 saturated carbocycles. The molecule has 0 heterocycles. The Labute approximate surface area is 116 Å². The minimum absolute atomic E-state index is 0.197. The molecule has 1 aromatic rings. The molecule has 1 fully saturated rings. The van der Waals surface area contributed by atoms with E-state index in [4.69, 9.17) is 4.74 Å². The second kappa shape index (κ2) is 6.74. The summed E-state index contributed by atoms with van der Waals surface area (Å²) in [6.45, 7) is 5.03. The van der Waals surface area contributed by atoms with Crippen molar-refractivity contribution in [2.45, 2.75) is 46.0 Å². The number of ether oxygens (including phenoxy) is 1. The number of benzene rings is 1. The SMILES string of the molecule is CCCOc1ccccc1C(=O)C1CCC(C)CC1. The standard InChI is InChI=1S/C17H24O2/c1-3-12-19-16-7-5-4-6-15(16)17(18)14-10-8-13(2)9-11-14/h4-7,13-14H,3,8-12H2,1-2H3. The van der Waals surface area contributed by atoms with E-state index in [9.17, 15) is 4.79 Å². The smallest absolute Gasteiger partial charge is 0.169 e. The minimum Gasteiger partial charge on any atom is -0.493 e. The van der Waals surface area contributed by atoms with E-state index in [0.717, 1.165) is 36.5 Å². The summed E-state index contributed by atoms with van der Waals surface area (Å²) in [5.74, 6) is 2.00. The summed E-state index contributed by atoms with van der Waals surface area (Å²) in [7, 11) is 0. The molecule has 0 spiro atoms. The minimum atomic E-state index is 0.197. The molecule has 1 aliphatic rings. The van der Waals surface area contributed by atoms with Crippen molar-refractivity contribution >= 4 is 5.78 Å². The van der Waals surface area contributed by atoms with E-state index in [1.807, 2.05) is 24.3 Å². The molecule has 1 aliphatic carbocycles. The van der Waals surface area contributed by atoms with Crippen molar-refractivity contribution in [3.63, 3.8) is 0 Å². The average molecular weight is 260 g/mol. The maximum absolute atomic E-state index is 12.6. The van der Waals surface area contributed by atoms with Gasteiger partial charge in [0.05, 0.1) is 12.2 Å². The third-order valence-corrected chi connectivity index (χ3v) is 4.00. The Hall–Kier alpha value is -1.31. The Morgan fingerprint density at radius 2 is 1.89 bits per heavy atom. The normalized spacial score (nSPS) is 23.1. The lowest BCUT2D eigenvalue weighted by Gasteiger charge is -2.25. The molecule has 0 amide bonds. The van der Waals surface area contributed by atoms with Gasteiger partial charge in [-0.25, -0.2) is 0 Å². The van der Waals surface area contributed by atoms with Crippen LogP contribution in [0.2, 0.25) is 0 Å². The van der Waals surface area contributed by atoms with E-state index in [-0.39, 0.29) is 11.7 Å². The summed E-state index contributed by atoms with van der Waals surface area (Å²) in [5.41, 5.74) is 0.774. The van der Waals surface area contributed by atoms with Crippen molar-refractivity contribution in [2.75, 3.05) is 6.61 Å². The second-order valence-electron chi connectivity index (χ2n) is 5.67. The van der Waals surface area contributed by atoms with Crippen LogP contribution in [-0.2, 0) is 0 Å². The molecule has 2 heteroatoms. The maximum atomic E-state index is 12.6. The van der Waals surface area contributed by atoms with Gasteiger partial charge in [0.15, 0.2) is 5.78 Å². The highest BCUT2D eigenvalue weighted by molar-refractivity contribution is 6.00. The first-order valence-corrected chi connectivity index (χ1v) is 7.48. The van der Waals surface area contributed by atoms with Gasteiger partial charge in [0, 0.05) is 5.92 Å². The van der Waals surface area contributed by atoms with Crippen molar-refractivity contribution in [2.24, 2.45) is 11.8 Å². The Bertz CT molecular complexity index is 417. The first kappa shape index (κ1) is 14.1. The predicted octanol–water partition coefficient (Wildman–Crippen LogP) is 4.48. The zero-order valence-corrected chi connectivity index (χ0v) is 12.0. The van der Waals surface area contributed by atoms with Crippen LogP contribution in [0.4, 0.5) is 0 Å². The molecule has 0 radical (unpaired) electrons. The maximum Gasteiger partial charge on any atom is 0.169 e. The molecular formula is C17H24O2. The lowest BCUT2D eigenvalue weighted by Crippen LogP contribution is -2.21. The van der Waals surface area contributed by atoms with Crippen LogP contribution < -0.4 is 4.74 Å². The third-order valence-electron chi connectivity index (χ3n) is 4.00. The number of para-hydroxylation sites is 1. The van der Waals surface area contributed by atoms with E-state index in [0.29, 0.717) is 6.61 Å². The Balaban J connectivity index is 2.09. The number of hydrogen-bond acceptors (Lipinski definition) is 2. The van der Waals surface area contributed by atoms with Crippen molar-refractivity contribution in [1.82, 2.24) is 0 Å². The van der Waals surface area contributed by atoms with Crippen molar-refractivity contribution < 1.29 is 9.53 Å². The molecule has 0 bridgehead atoms. The van der Waals surface area contributed by atoms with Crippen LogP contribution in [0.5, 0.6) is 5.75 Å². The molecular weight excluding hydrogens is 236 g/mol. The highest BCUT2D eigenvalue weighted by atomic mass is 16.5. The van der Waals surface area contributed by atoms with Gasteiger partial charge in [0.25, 0.3) is 0 Å². The second-order valence-corrected chi connectivity index (χ2v) is 5.67. The largest absolute Gasteiger partial charge is 0.493 e. The van der Waals surface area contributed by atoms with Crippen molar-refractivity contribution in [3.05, 3.63) is 29.8 Å². The Morgan fingerprint density at radius 1 is 1.21 bits per heavy atom. The van der Waals surface area contributed by atoms with Gasteiger partial charge in [0.2, 0.25) is 0 Å². The number of rotatable bonds is 5. The highest BCUT2D eigenvalue weighted by Crippen LogP contribution is 2.32. The summed E-state index contributed by atoms with van der Waals surface area (Å²) in [5, 5.41) is 0. The molecule has 2 nitrogen and oxygen atoms in total. The molecule has 1 aromatic carbocycles. The van der Waals surface area contributed by atoms with Crippen LogP contribution in [0.25, 0.3) is 0 Å². The zero-order chi connectivity index (χ0) is 13.7. The monoisotopic (exact) mass is 260 g/mol. The molecule has 2 rings (SSSR count). The van der Waals surface area contributed by atoms with Gasteiger partial charge in [-0.2, -0.15) is 0 Å². The predicted molar refractivity (Wildman–Crippen MR) is 77.7 cm³/mol. The lowest BCUT2D eigenvalue weighted by atomic mass is 9.79. The fourth-order valence-corrected chi connectivity index (χ4v) is 2.75. The molecule has 0 aliphatic heterocycles. The van der Waals surface area contributed by atoms with E-state index < -0.39 is 0 Å². The van der Waals surface area contributed by atoms with Gasteiger partial charge in [0.1, 0.15) is 5.75 Å².